The minimum absolute atomic E-state index is 0.427. The molecule has 6 rings (SSSR count). The van der Waals surface area contributed by atoms with Crippen LogP contribution in [0.5, 0.6) is 11.5 Å². The lowest BCUT2D eigenvalue weighted by atomic mass is 9.92. The maximum atomic E-state index is 6.30. The van der Waals surface area contributed by atoms with Gasteiger partial charge in [-0.2, -0.15) is 0 Å². The molecule has 1 aromatic heterocycles. The zero-order valence-corrected chi connectivity index (χ0v) is 17.8. The van der Waals surface area contributed by atoms with Crippen molar-refractivity contribution in [1.82, 2.24) is 14.8 Å². The zero-order chi connectivity index (χ0) is 21.0. The van der Waals surface area contributed by atoms with E-state index >= 15 is 0 Å². The van der Waals surface area contributed by atoms with Crippen molar-refractivity contribution in [2.45, 2.75) is 18.7 Å². The number of hydrogen-bond acceptors (Lipinski definition) is 6. The monoisotopic (exact) mass is 418 g/mol. The Hall–Kier alpha value is -3.19. The second-order valence-electron chi connectivity index (χ2n) is 8.62. The number of rotatable bonds is 5. The number of nitrogens with one attached hydrogen (secondary N) is 1. The lowest BCUT2D eigenvalue weighted by molar-refractivity contribution is -0.130. The molecular weight excluding hydrogens is 392 g/mol. The minimum Gasteiger partial charge on any atom is -0.497 e. The summed E-state index contributed by atoms with van der Waals surface area (Å²) in [5.41, 5.74) is 2.81. The van der Waals surface area contributed by atoms with Gasteiger partial charge < -0.3 is 24.2 Å². The van der Waals surface area contributed by atoms with Gasteiger partial charge in [0.2, 0.25) is 5.72 Å². The van der Waals surface area contributed by atoms with Gasteiger partial charge in [0.05, 0.1) is 27.3 Å². The van der Waals surface area contributed by atoms with Gasteiger partial charge in [-0.1, -0.05) is 17.3 Å². The van der Waals surface area contributed by atoms with Crippen LogP contribution >= 0.6 is 0 Å². The summed E-state index contributed by atoms with van der Waals surface area (Å²) in [6.07, 6.45) is 3.10. The molecule has 3 aromatic rings. The lowest BCUT2D eigenvalue weighted by Gasteiger charge is -2.40. The lowest BCUT2D eigenvalue weighted by Crippen LogP contribution is -2.56. The topological polar surface area (TPSA) is 62.3 Å². The number of hydrogen-bond donors (Lipinski definition) is 1. The summed E-state index contributed by atoms with van der Waals surface area (Å²) in [6.45, 7) is 3.72. The maximum absolute atomic E-state index is 6.30. The smallest absolute Gasteiger partial charge is 0.228 e. The van der Waals surface area contributed by atoms with Gasteiger partial charge >= 0.3 is 0 Å². The van der Waals surface area contributed by atoms with Gasteiger partial charge in [-0.25, -0.2) is 0 Å². The van der Waals surface area contributed by atoms with Gasteiger partial charge in [0, 0.05) is 41.4 Å². The van der Waals surface area contributed by atoms with Crippen LogP contribution in [0.4, 0.5) is 0 Å². The molecule has 31 heavy (non-hydrogen) atoms. The fourth-order valence-electron chi connectivity index (χ4n) is 5.36. The van der Waals surface area contributed by atoms with E-state index in [9.17, 15) is 0 Å². The van der Waals surface area contributed by atoms with Gasteiger partial charge in [-0.15, -0.1) is 0 Å². The number of piperidine rings is 1. The largest absolute Gasteiger partial charge is 0.497 e. The Morgan fingerprint density at radius 1 is 1.16 bits per heavy atom. The summed E-state index contributed by atoms with van der Waals surface area (Å²) in [6, 6.07) is 14.5. The summed E-state index contributed by atoms with van der Waals surface area (Å²) in [5, 5.41) is 5.84. The SMILES string of the molecule is COc1ccc(CN2C(c3ccc4cc[nH]c4c3)=NOC23CN2CCC3C2)c(OC)c1. The fraction of sp³-hybridized carbons (Fsp3) is 0.375. The molecule has 2 aromatic carbocycles. The molecule has 0 aliphatic carbocycles. The molecular formula is C24H26N4O3. The molecule has 2 saturated heterocycles. The summed E-state index contributed by atoms with van der Waals surface area (Å²) < 4.78 is 11.1. The number of amidine groups is 1. The first-order valence-corrected chi connectivity index (χ1v) is 10.7. The minimum atomic E-state index is -0.427. The van der Waals surface area contributed by atoms with Gasteiger partial charge in [-0.3, -0.25) is 4.90 Å². The second-order valence-corrected chi connectivity index (χ2v) is 8.62. The molecule has 1 N–H and O–H groups in total. The Labute approximate surface area is 181 Å². The zero-order valence-electron chi connectivity index (χ0n) is 17.8. The Morgan fingerprint density at radius 3 is 2.87 bits per heavy atom. The van der Waals surface area contributed by atoms with E-state index in [1.807, 2.05) is 18.3 Å². The number of oxime groups is 1. The van der Waals surface area contributed by atoms with Gasteiger partial charge in [0.25, 0.3) is 0 Å². The highest BCUT2D eigenvalue weighted by Gasteiger charge is 2.60. The van der Waals surface area contributed by atoms with Crippen molar-refractivity contribution in [3.8, 4) is 11.5 Å². The average Bonchev–Trinajstić information content (AvgIpc) is 3.58. The van der Waals surface area contributed by atoms with Crippen LogP contribution in [0.25, 0.3) is 10.9 Å². The summed E-state index contributed by atoms with van der Waals surface area (Å²) in [5.74, 6) is 2.91. The maximum Gasteiger partial charge on any atom is 0.228 e. The average molecular weight is 418 g/mol. The van der Waals surface area contributed by atoms with E-state index in [4.69, 9.17) is 14.3 Å². The molecule has 7 heteroatoms. The quantitative estimate of drug-likeness (QED) is 0.688. The third kappa shape index (κ3) is 2.80. The molecule has 0 saturated carbocycles. The Kier molecular flexibility index (Phi) is 4.14. The van der Waals surface area contributed by atoms with Crippen LogP contribution in [0.2, 0.25) is 0 Å². The van der Waals surface area contributed by atoms with Crippen molar-refractivity contribution < 1.29 is 14.3 Å². The summed E-state index contributed by atoms with van der Waals surface area (Å²) in [7, 11) is 3.37. The van der Waals surface area contributed by atoms with Crippen LogP contribution < -0.4 is 9.47 Å². The summed E-state index contributed by atoms with van der Waals surface area (Å²) >= 11 is 0. The van der Waals surface area contributed by atoms with Crippen molar-refractivity contribution in [2.75, 3.05) is 33.9 Å². The third-order valence-corrected chi connectivity index (χ3v) is 7.00. The van der Waals surface area contributed by atoms with Crippen LogP contribution in [-0.2, 0) is 11.4 Å². The molecule has 4 heterocycles. The second kappa shape index (κ2) is 6.92. The first-order chi connectivity index (χ1) is 15.2. The fourth-order valence-corrected chi connectivity index (χ4v) is 5.36. The highest BCUT2D eigenvalue weighted by atomic mass is 16.7. The van der Waals surface area contributed by atoms with Crippen molar-refractivity contribution >= 4 is 16.7 Å². The number of methoxy groups -OCH3 is 2. The Morgan fingerprint density at radius 2 is 2.10 bits per heavy atom. The molecule has 2 bridgehead atoms. The molecule has 3 aliphatic heterocycles. The number of benzene rings is 2. The number of H-pyrrole nitrogens is 1. The van der Waals surface area contributed by atoms with Crippen LogP contribution in [0.3, 0.4) is 0 Å². The van der Waals surface area contributed by atoms with Gasteiger partial charge in [0.1, 0.15) is 11.5 Å². The highest BCUT2D eigenvalue weighted by Crippen LogP contribution is 2.46. The molecule has 1 spiro atoms. The van der Waals surface area contributed by atoms with Gasteiger partial charge in [0.15, 0.2) is 5.84 Å². The first kappa shape index (κ1) is 18.6. The van der Waals surface area contributed by atoms with Crippen molar-refractivity contribution in [2.24, 2.45) is 11.1 Å². The third-order valence-electron chi connectivity index (χ3n) is 7.00. The predicted molar refractivity (Wildman–Crippen MR) is 118 cm³/mol. The van der Waals surface area contributed by atoms with Crippen LogP contribution in [0.15, 0.2) is 53.8 Å². The molecule has 160 valence electrons. The first-order valence-electron chi connectivity index (χ1n) is 10.7. The molecule has 7 nitrogen and oxygen atoms in total. The van der Waals surface area contributed by atoms with Crippen molar-refractivity contribution in [3.05, 3.63) is 59.8 Å². The van der Waals surface area contributed by atoms with E-state index in [2.05, 4.69) is 50.3 Å². The van der Waals surface area contributed by atoms with Crippen LogP contribution in [0.1, 0.15) is 17.5 Å². The highest BCUT2D eigenvalue weighted by molar-refractivity contribution is 6.02. The number of ether oxygens (including phenoxy) is 2. The van der Waals surface area contributed by atoms with E-state index in [0.717, 1.165) is 60.0 Å². The molecule has 0 radical (unpaired) electrons. The van der Waals surface area contributed by atoms with Gasteiger partial charge in [-0.05, 0) is 42.6 Å². The molecule has 3 unspecified atom stereocenters. The Balaban J connectivity index is 1.41. The molecule has 2 fully saturated rings. The van der Waals surface area contributed by atoms with E-state index in [-0.39, 0.29) is 0 Å². The molecule has 0 amide bonds. The summed E-state index contributed by atoms with van der Waals surface area (Å²) in [4.78, 5) is 14.4. The predicted octanol–water partition coefficient (Wildman–Crippen LogP) is 3.41. The number of aromatic amines is 1. The van der Waals surface area contributed by atoms with E-state index in [0.29, 0.717) is 12.5 Å². The normalized spacial score (nSPS) is 26.5. The number of fused-ring (bicyclic) bond motifs is 4. The Bertz CT molecular complexity index is 1170. The number of aromatic nitrogens is 1. The van der Waals surface area contributed by atoms with E-state index in [1.54, 1.807) is 14.2 Å². The molecule has 3 aliphatic rings. The van der Waals surface area contributed by atoms with E-state index in [1.165, 1.54) is 5.39 Å². The van der Waals surface area contributed by atoms with Crippen molar-refractivity contribution in [1.29, 1.82) is 0 Å². The van der Waals surface area contributed by atoms with E-state index < -0.39 is 5.72 Å². The standard InChI is InChI=1S/C24H26N4O3/c1-29-20-6-5-18(22(12-20)30-2)13-28-23(17-4-3-16-7-9-25-21(16)11-17)26-31-24(28)15-27-10-8-19(24)14-27/h3-7,9,11-12,19,25H,8,10,13-15H2,1-2H3. The van der Waals surface area contributed by atoms with Crippen LogP contribution in [0, 0.1) is 5.92 Å². The molecule has 3 atom stereocenters. The van der Waals surface area contributed by atoms with Crippen LogP contribution in [-0.4, -0.2) is 60.2 Å². The number of nitrogens with zero attached hydrogens (tertiary/aromatic N) is 3. The van der Waals surface area contributed by atoms with Crippen molar-refractivity contribution in [3.63, 3.8) is 0 Å².